The number of hydrogen-bond donors (Lipinski definition) is 0. The van der Waals surface area contributed by atoms with E-state index in [-0.39, 0.29) is 0 Å². The van der Waals surface area contributed by atoms with Crippen LogP contribution in [0.3, 0.4) is 0 Å². The molecule has 0 radical (unpaired) electrons. The minimum atomic E-state index is 0.939. The Balaban J connectivity index is 2.73. The summed E-state index contributed by atoms with van der Waals surface area (Å²) in [6.45, 7) is 3.04. The second-order valence-electron chi connectivity index (χ2n) is 2.55. The Morgan fingerprint density at radius 2 is 2.33 bits per heavy atom. The van der Waals surface area contributed by atoms with E-state index in [2.05, 4.69) is 50.3 Å². The highest BCUT2D eigenvalue weighted by Crippen LogP contribution is 2.13. The lowest BCUT2D eigenvalue weighted by Crippen LogP contribution is -1.95. The van der Waals surface area contributed by atoms with Gasteiger partial charge in [-0.1, -0.05) is 0 Å². The van der Waals surface area contributed by atoms with Gasteiger partial charge in [0.25, 0.3) is 0 Å². The van der Waals surface area contributed by atoms with Gasteiger partial charge in [0.1, 0.15) is 3.70 Å². The van der Waals surface area contributed by atoms with Gasteiger partial charge in [-0.3, -0.25) is 0 Å². The molecule has 3 nitrogen and oxygen atoms in total. The van der Waals surface area contributed by atoms with Gasteiger partial charge in [-0.2, -0.15) is 0 Å². The van der Waals surface area contributed by atoms with Crippen molar-refractivity contribution >= 4 is 33.6 Å². The minimum absolute atomic E-state index is 0.939. The van der Waals surface area contributed by atoms with Crippen molar-refractivity contribution < 1.29 is 0 Å². The van der Waals surface area contributed by atoms with E-state index in [1.807, 2.05) is 12.3 Å². The predicted octanol–water partition coefficient (Wildman–Crippen LogP) is 2.06. The van der Waals surface area contributed by atoms with Crippen molar-refractivity contribution in [3.05, 3.63) is 22.0 Å². The molecule has 0 saturated heterocycles. The highest BCUT2D eigenvalue weighted by atomic mass is 127. The normalized spacial score (nSPS) is 10.8. The smallest absolute Gasteiger partial charge is 0.162 e. The fourth-order valence-electron chi connectivity index (χ4n) is 1.22. The third-order valence-corrected chi connectivity index (χ3v) is 2.35. The zero-order valence-corrected chi connectivity index (χ0v) is 8.82. The maximum absolute atomic E-state index is 4.12. The van der Waals surface area contributed by atoms with Crippen molar-refractivity contribution in [3.63, 3.8) is 0 Å². The number of halogens is 1. The van der Waals surface area contributed by atoms with Crippen molar-refractivity contribution in [2.45, 2.75) is 13.5 Å². The topological polar surface area (TPSA) is 30.7 Å². The molecule has 2 aromatic rings. The average Bonchev–Trinajstić information content (AvgIpc) is 2.46. The standard InChI is InChI=1S/C8H8IN3/c1-2-12-4-3-6-5-7(9)10-11-8(6)12/h3-5H,2H2,1H3. The molecule has 0 atom stereocenters. The van der Waals surface area contributed by atoms with E-state index >= 15 is 0 Å². The monoisotopic (exact) mass is 273 g/mol. The molecule has 62 valence electrons. The van der Waals surface area contributed by atoms with Crippen LogP contribution in [0, 0.1) is 3.70 Å². The summed E-state index contributed by atoms with van der Waals surface area (Å²) < 4.78 is 3.02. The minimum Gasteiger partial charge on any atom is -0.331 e. The van der Waals surface area contributed by atoms with Crippen molar-refractivity contribution in [2.75, 3.05) is 0 Å². The molecular formula is C8H8IN3. The van der Waals surface area contributed by atoms with Crippen LogP contribution in [0.1, 0.15) is 6.92 Å². The van der Waals surface area contributed by atoms with Crippen LogP contribution in [-0.4, -0.2) is 14.8 Å². The van der Waals surface area contributed by atoms with Crippen LogP contribution in [0.2, 0.25) is 0 Å². The van der Waals surface area contributed by atoms with Crippen molar-refractivity contribution in [1.29, 1.82) is 0 Å². The van der Waals surface area contributed by atoms with Crippen LogP contribution in [0.5, 0.6) is 0 Å². The molecule has 0 N–H and O–H groups in total. The van der Waals surface area contributed by atoms with Crippen LogP contribution in [0.25, 0.3) is 11.0 Å². The summed E-state index contributed by atoms with van der Waals surface area (Å²) in [5.41, 5.74) is 0.970. The summed E-state index contributed by atoms with van der Waals surface area (Å²) in [5.74, 6) is 0. The molecule has 0 aliphatic rings. The lowest BCUT2D eigenvalue weighted by Gasteiger charge is -1.97. The number of hydrogen-bond acceptors (Lipinski definition) is 2. The van der Waals surface area contributed by atoms with E-state index in [9.17, 15) is 0 Å². The SMILES string of the molecule is CCn1ccc2cc(I)nnc21. The van der Waals surface area contributed by atoms with Gasteiger partial charge in [0.2, 0.25) is 0 Å². The van der Waals surface area contributed by atoms with E-state index < -0.39 is 0 Å². The third kappa shape index (κ3) is 1.20. The second-order valence-corrected chi connectivity index (χ2v) is 3.65. The number of rotatable bonds is 1. The van der Waals surface area contributed by atoms with Crippen molar-refractivity contribution in [3.8, 4) is 0 Å². The second kappa shape index (κ2) is 3.01. The first-order valence-corrected chi connectivity index (χ1v) is 4.87. The maximum atomic E-state index is 4.12. The zero-order chi connectivity index (χ0) is 8.55. The zero-order valence-electron chi connectivity index (χ0n) is 6.66. The number of nitrogens with zero attached hydrogens (tertiary/aromatic N) is 3. The van der Waals surface area contributed by atoms with Gasteiger partial charge in [-0.05, 0) is 41.6 Å². The van der Waals surface area contributed by atoms with Gasteiger partial charge in [-0.25, -0.2) is 0 Å². The number of aromatic nitrogens is 3. The van der Waals surface area contributed by atoms with E-state index in [0.29, 0.717) is 0 Å². The van der Waals surface area contributed by atoms with Gasteiger partial charge in [0.05, 0.1) is 0 Å². The van der Waals surface area contributed by atoms with Crippen LogP contribution in [-0.2, 0) is 6.54 Å². The quantitative estimate of drug-likeness (QED) is 0.744. The first kappa shape index (κ1) is 7.97. The highest BCUT2D eigenvalue weighted by Gasteiger charge is 2.01. The lowest BCUT2D eigenvalue weighted by atomic mass is 10.4. The molecule has 0 aliphatic heterocycles. The fraction of sp³-hybridized carbons (Fsp3) is 0.250. The van der Waals surface area contributed by atoms with E-state index in [4.69, 9.17) is 0 Å². The summed E-state index contributed by atoms with van der Waals surface area (Å²) in [4.78, 5) is 0. The largest absolute Gasteiger partial charge is 0.331 e. The Morgan fingerprint density at radius 1 is 1.50 bits per heavy atom. The van der Waals surface area contributed by atoms with Crippen LogP contribution >= 0.6 is 22.6 Å². The Kier molecular flexibility index (Phi) is 2.00. The molecule has 0 amide bonds. The lowest BCUT2D eigenvalue weighted by molar-refractivity contribution is 0.778. The molecule has 0 spiro atoms. The molecule has 0 fully saturated rings. The Morgan fingerprint density at radius 3 is 3.08 bits per heavy atom. The van der Waals surface area contributed by atoms with E-state index in [1.54, 1.807) is 0 Å². The molecule has 0 aromatic carbocycles. The average molecular weight is 273 g/mol. The van der Waals surface area contributed by atoms with Gasteiger partial charge < -0.3 is 4.57 Å². The summed E-state index contributed by atoms with van der Waals surface area (Å²) in [6.07, 6.45) is 2.04. The van der Waals surface area contributed by atoms with Crippen molar-refractivity contribution in [2.24, 2.45) is 0 Å². The fourth-order valence-corrected chi connectivity index (χ4v) is 1.66. The molecule has 2 heterocycles. The van der Waals surface area contributed by atoms with Gasteiger partial charge >= 0.3 is 0 Å². The highest BCUT2D eigenvalue weighted by molar-refractivity contribution is 14.1. The number of fused-ring (bicyclic) bond motifs is 1. The molecule has 4 heteroatoms. The first-order chi connectivity index (χ1) is 5.81. The molecule has 12 heavy (non-hydrogen) atoms. The third-order valence-electron chi connectivity index (χ3n) is 1.82. The van der Waals surface area contributed by atoms with Gasteiger partial charge in [0.15, 0.2) is 5.65 Å². The summed E-state index contributed by atoms with van der Waals surface area (Å²) in [6, 6.07) is 4.10. The van der Waals surface area contributed by atoms with Crippen molar-refractivity contribution in [1.82, 2.24) is 14.8 Å². The van der Waals surface area contributed by atoms with Crippen LogP contribution in [0.4, 0.5) is 0 Å². The summed E-state index contributed by atoms with van der Waals surface area (Å²) >= 11 is 2.17. The molecule has 0 saturated carbocycles. The molecular weight excluding hydrogens is 265 g/mol. The Labute approximate surface area is 83.9 Å². The van der Waals surface area contributed by atoms with Crippen LogP contribution in [0.15, 0.2) is 18.3 Å². The molecule has 2 aromatic heterocycles. The Bertz CT molecular complexity index is 408. The molecule has 2 rings (SSSR count). The molecule has 0 bridgehead atoms. The van der Waals surface area contributed by atoms with E-state index in [0.717, 1.165) is 21.3 Å². The predicted molar refractivity (Wildman–Crippen MR) is 55.9 cm³/mol. The number of aryl methyl sites for hydroxylation is 1. The summed E-state index contributed by atoms with van der Waals surface area (Å²) in [7, 11) is 0. The van der Waals surface area contributed by atoms with Crippen LogP contribution < -0.4 is 0 Å². The van der Waals surface area contributed by atoms with Gasteiger partial charge in [-0.15, -0.1) is 10.2 Å². The van der Waals surface area contributed by atoms with Gasteiger partial charge in [0, 0.05) is 18.1 Å². The maximum Gasteiger partial charge on any atom is 0.162 e. The Hall–Kier alpha value is -0.650. The first-order valence-electron chi connectivity index (χ1n) is 3.79. The summed E-state index contributed by atoms with van der Waals surface area (Å²) in [5, 5.41) is 9.28. The van der Waals surface area contributed by atoms with E-state index in [1.165, 1.54) is 0 Å². The molecule has 0 aliphatic carbocycles. The molecule has 0 unspecified atom stereocenters.